The minimum Gasteiger partial charge on any atom is -0.325 e. The lowest BCUT2D eigenvalue weighted by Crippen LogP contribution is -2.35. The zero-order valence-corrected chi connectivity index (χ0v) is 18.0. The molecular weight excluding hydrogens is 398 g/mol. The smallest absolute Gasteiger partial charge is 0.243 e. The van der Waals surface area contributed by atoms with Crippen molar-refractivity contribution >= 4 is 21.6 Å². The summed E-state index contributed by atoms with van der Waals surface area (Å²) in [6.45, 7) is 2.39. The van der Waals surface area contributed by atoms with Gasteiger partial charge in [-0.25, -0.2) is 8.42 Å². The molecule has 0 saturated carbocycles. The van der Waals surface area contributed by atoms with Gasteiger partial charge >= 0.3 is 0 Å². The number of nitrogens with zero attached hydrogens (tertiary/aromatic N) is 2. The summed E-state index contributed by atoms with van der Waals surface area (Å²) >= 11 is 0. The van der Waals surface area contributed by atoms with Crippen molar-refractivity contribution in [3.63, 3.8) is 0 Å². The predicted molar refractivity (Wildman–Crippen MR) is 118 cm³/mol. The van der Waals surface area contributed by atoms with E-state index < -0.39 is 10.0 Å². The second kappa shape index (κ2) is 9.29. The molecule has 6 nitrogen and oxygen atoms in total. The van der Waals surface area contributed by atoms with Crippen LogP contribution in [0.25, 0.3) is 0 Å². The van der Waals surface area contributed by atoms with Gasteiger partial charge in [-0.2, -0.15) is 4.31 Å². The molecule has 1 amide bonds. The molecule has 1 unspecified atom stereocenters. The van der Waals surface area contributed by atoms with Crippen LogP contribution in [-0.4, -0.2) is 49.7 Å². The van der Waals surface area contributed by atoms with Gasteiger partial charge < -0.3 is 5.32 Å². The van der Waals surface area contributed by atoms with Gasteiger partial charge in [-0.05, 0) is 62.1 Å². The fourth-order valence-electron chi connectivity index (χ4n) is 4.42. The third-order valence-corrected chi connectivity index (χ3v) is 7.90. The van der Waals surface area contributed by atoms with E-state index in [1.807, 2.05) is 18.2 Å². The monoisotopic (exact) mass is 427 g/mol. The number of sulfonamides is 1. The van der Waals surface area contributed by atoms with E-state index in [0.29, 0.717) is 25.3 Å². The molecule has 7 heteroatoms. The Morgan fingerprint density at radius 1 is 0.900 bits per heavy atom. The quantitative estimate of drug-likeness (QED) is 0.764. The number of piperidine rings is 1. The number of carbonyl (C=O) groups is 1. The van der Waals surface area contributed by atoms with Crippen LogP contribution in [0, 0.1) is 0 Å². The van der Waals surface area contributed by atoms with Crippen LogP contribution in [-0.2, 0) is 14.8 Å². The van der Waals surface area contributed by atoms with Gasteiger partial charge in [0, 0.05) is 24.8 Å². The average Bonchev–Trinajstić information content (AvgIpc) is 3.23. The Morgan fingerprint density at radius 2 is 1.60 bits per heavy atom. The first kappa shape index (κ1) is 21.0. The van der Waals surface area contributed by atoms with Gasteiger partial charge in [0.15, 0.2) is 0 Å². The third kappa shape index (κ3) is 4.74. The summed E-state index contributed by atoms with van der Waals surface area (Å²) in [5.74, 6) is -0.0792. The average molecular weight is 428 g/mol. The largest absolute Gasteiger partial charge is 0.325 e. The number of benzene rings is 2. The van der Waals surface area contributed by atoms with Gasteiger partial charge in [-0.1, -0.05) is 36.8 Å². The topological polar surface area (TPSA) is 69.7 Å². The van der Waals surface area contributed by atoms with Gasteiger partial charge in [-0.3, -0.25) is 9.69 Å². The van der Waals surface area contributed by atoms with Crippen molar-refractivity contribution in [1.82, 2.24) is 9.21 Å². The minimum absolute atomic E-state index is 0.0792. The number of likely N-dealkylation sites (tertiary alicyclic amines) is 1. The maximum Gasteiger partial charge on any atom is 0.243 e. The molecule has 2 saturated heterocycles. The molecule has 2 aromatic carbocycles. The van der Waals surface area contributed by atoms with Gasteiger partial charge in [0.25, 0.3) is 0 Å². The Balaban J connectivity index is 1.37. The van der Waals surface area contributed by atoms with Gasteiger partial charge in [0.05, 0.1) is 11.4 Å². The van der Waals surface area contributed by atoms with E-state index >= 15 is 0 Å². The molecule has 0 radical (unpaired) electrons. The molecule has 30 heavy (non-hydrogen) atoms. The Bertz CT molecular complexity index is 955. The highest BCUT2D eigenvalue weighted by atomic mass is 32.2. The van der Waals surface area contributed by atoms with Crippen molar-refractivity contribution in [2.24, 2.45) is 0 Å². The van der Waals surface area contributed by atoms with E-state index in [1.54, 1.807) is 28.6 Å². The molecule has 4 rings (SSSR count). The van der Waals surface area contributed by atoms with Crippen LogP contribution >= 0.6 is 0 Å². The summed E-state index contributed by atoms with van der Waals surface area (Å²) < 4.78 is 27.1. The lowest BCUT2D eigenvalue weighted by molar-refractivity contribution is -0.117. The SMILES string of the molecule is O=C(CN1CCCC1c1ccccc1)Nc1ccc(S(=O)(=O)N2CCCCC2)cc1. The standard InChI is InChI=1S/C23H29N3O3S/c27-23(18-25-15-7-10-22(25)19-8-3-1-4-9-19)24-20-11-13-21(14-12-20)30(28,29)26-16-5-2-6-17-26/h1,3-4,8-9,11-14,22H,2,5-7,10,15-18H2,(H,24,27). The number of hydrogen-bond acceptors (Lipinski definition) is 4. The van der Waals surface area contributed by atoms with Crippen LogP contribution in [0.4, 0.5) is 5.69 Å². The number of hydrogen-bond donors (Lipinski definition) is 1. The van der Waals surface area contributed by atoms with Gasteiger partial charge in [0.2, 0.25) is 15.9 Å². The molecule has 0 spiro atoms. The maximum atomic E-state index is 12.8. The number of anilines is 1. The lowest BCUT2D eigenvalue weighted by atomic mass is 10.0. The fourth-order valence-corrected chi connectivity index (χ4v) is 5.93. The van der Waals surface area contributed by atoms with Crippen LogP contribution in [0.1, 0.15) is 43.7 Å². The Labute approximate surface area is 178 Å². The van der Waals surface area contributed by atoms with Gasteiger partial charge in [0.1, 0.15) is 0 Å². The van der Waals surface area contributed by atoms with E-state index in [-0.39, 0.29) is 16.8 Å². The van der Waals surface area contributed by atoms with E-state index in [0.717, 1.165) is 38.6 Å². The molecule has 0 aromatic heterocycles. The fraction of sp³-hybridized carbons (Fsp3) is 0.435. The van der Waals surface area contributed by atoms with E-state index in [9.17, 15) is 13.2 Å². The summed E-state index contributed by atoms with van der Waals surface area (Å²) in [5, 5.41) is 2.91. The summed E-state index contributed by atoms with van der Waals surface area (Å²) in [6.07, 6.45) is 5.04. The maximum absolute atomic E-state index is 12.8. The van der Waals surface area contributed by atoms with Crippen molar-refractivity contribution in [3.8, 4) is 0 Å². The first-order valence-electron chi connectivity index (χ1n) is 10.7. The Morgan fingerprint density at radius 3 is 2.30 bits per heavy atom. The van der Waals surface area contributed by atoms with Crippen molar-refractivity contribution in [3.05, 3.63) is 60.2 Å². The summed E-state index contributed by atoms with van der Waals surface area (Å²) in [7, 11) is -3.45. The molecule has 160 valence electrons. The van der Waals surface area contributed by atoms with Crippen molar-refractivity contribution in [2.75, 3.05) is 31.5 Å². The van der Waals surface area contributed by atoms with Crippen LogP contribution in [0.3, 0.4) is 0 Å². The van der Waals surface area contributed by atoms with Gasteiger partial charge in [-0.15, -0.1) is 0 Å². The second-order valence-electron chi connectivity index (χ2n) is 8.08. The predicted octanol–water partition coefficient (Wildman–Crippen LogP) is 3.64. The summed E-state index contributed by atoms with van der Waals surface area (Å²) in [5.41, 5.74) is 1.86. The molecule has 2 heterocycles. The highest BCUT2D eigenvalue weighted by Crippen LogP contribution is 2.31. The first-order valence-corrected chi connectivity index (χ1v) is 12.2. The zero-order valence-electron chi connectivity index (χ0n) is 17.2. The third-order valence-electron chi connectivity index (χ3n) is 5.99. The molecule has 1 atom stereocenters. The highest BCUT2D eigenvalue weighted by Gasteiger charge is 2.28. The number of nitrogens with one attached hydrogen (secondary N) is 1. The van der Waals surface area contributed by atoms with Crippen LogP contribution in [0.2, 0.25) is 0 Å². The molecule has 2 fully saturated rings. The number of amides is 1. The first-order chi connectivity index (χ1) is 14.5. The molecular formula is C23H29N3O3S. The van der Waals surface area contributed by atoms with E-state index in [2.05, 4.69) is 22.3 Å². The number of rotatable bonds is 6. The van der Waals surface area contributed by atoms with E-state index in [4.69, 9.17) is 0 Å². The van der Waals surface area contributed by atoms with Crippen LogP contribution in [0.15, 0.2) is 59.5 Å². The molecule has 0 aliphatic carbocycles. The highest BCUT2D eigenvalue weighted by molar-refractivity contribution is 7.89. The van der Waals surface area contributed by atoms with Crippen LogP contribution in [0.5, 0.6) is 0 Å². The van der Waals surface area contributed by atoms with E-state index in [1.165, 1.54) is 5.56 Å². The minimum atomic E-state index is -3.45. The lowest BCUT2D eigenvalue weighted by Gasteiger charge is -2.26. The zero-order chi connectivity index (χ0) is 21.0. The Kier molecular flexibility index (Phi) is 6.51. The number of carbonyl (C=O) groups excluding carboxylic acids is 1. The molecule has 2 aromatic rings. The van der Waals surface area contributed by atoms with Crippen LogP contribution < -0.4 is 5.32 Å². The molecule has 0 bridgehead atoms. The summed E-state index contributed by atoms with van der Waals surface area (Å²) in [6, 6.07) is 17.1. The van der Waals surface area contributed by atoms with Crippen molar-refractivity contribution < 1.29 is 13.2 Å². The normalized spacial score (nSPS) is 20.9. The Hall–Kier alpha value is -2.22. The molecule has 1 N–H and O–H groups in total. The van der Waals surface area contributed by atoms with Crippen molar-refractivity contribution in [2.45, 2.75) is 43.0 Å². The second-order valence-corrected chi connectivity index (χ2v) is 10.0. The molecule has 2 aliphatic heterocycles. The molecule has 2 aliphatic rings. The summed E-state index contributed by atoms with van der Waals surface area (Å²) in [4.78, 5) is 15.1. The van der Waals surface area contributed by atoms with Crippen molar-refractivity contribution in [1.29, 1.82) is 0 Å².